The zero-order valence-electron chi connectivity index (χ0n) is 12.0. The third kappa shape index (κ3) is 3.17. The molecule has 0 radical (unpaired) electrons. The van der Waals surface area contributed by atoms with E-state index in [0.29, 0.717) is 24.5 Å². The predicted molar refractivity (Wildman–Crippen MR) is 79.3 cm³/mol. The number of carbonyl (C=O) groups excluding carboxylic acids is 2. The van der Waals surface area contributed by atoms with Crippen molar-refractivity contribution in [1.29, 1.82) is 0 Å². The molecule has 0 saturated heterocycles. The molecule has 1 heterocycles. The van der Waals surface area contributed by atoms with E-state index < -0.39 is 0 Å². The fourth-order valence-corrected chi connectivity index (χ4v) is 2.98. The summed E-state index contributed by atoms with van der Waals surface area (Å²) in [4.78, 5) is 25.9. The fourth-order valence-electron chi connectivity index (χ4n) is 2.98. The van der Waals surface area contributed by atoms with Gasteiger partial charge in [-0.3, -0.25) is 14.5 Å². The van der Waals surface area contributed by atoms with E-state index in [4.69, 9.17) is 4.74 Å². The molecule has 0 bridgehead atoms. The summed E-state index contributed by atoms with van der Waals surface area (Å²) in [7, 11) is 0. The molecule has 1 aromatic rings. The molecule has 1 saturated carbocycles. The minimum absolute atomic E-state index is 0.0652. The molecule has 1 N–H and O–H groups in total. The quantitative estimate of drug-likeness (QED) is 0.923. The zero-order valence-corrected chi connectivity index (χ0v) is 12.0. The second-order valence-electron chi connectivity index (χ2n) is 5.59. The lowest BCUT2D eigenvalue weighted by atomic mass is 10.2. The van der Waals surface area contributed by atoms with E-state index in [1.54, 1.807) is 0 Å². The average Bonchev–Trinajstić information content (AvgIpc) is 2.92. The highest BCUT2D eigenvalue weighted by molar-refractivity contribution is 6.00. The van der Waals surface area contributed by atoms with Crippen LogP contribution in [-0.2, 0) is 9.59 Å². The van der Waals surface area contributed by atoms with Gasteiger partial charge in [-0.25, -0.2) is 0 Å². The molecule has 1 aliphatic heterocycles. The van der Waals surface area contributed by atoms with Gasteiger partial charge in [0.1, 0.15) is 12.3 Å². The lowest BCUT2D eigenvalue weighted by Crippen LogP contribution is -2.43. The van der Waals surface area contributed by atoms with Crippen LogP contribution in [0.5, 0.6) is 5.75 Å². The summed E-state index contributed by atoms with van der Waals surface area (Å²) >= 11 is 0. The standard InChI is InChI=1S/C16H20N2O3/c19-15(17-12-5-1-2-6-12)11-18-13-7-3-4-8-14(13)21-10-9-16(18)20/h3-4,7-8,12H,1-2,5-6,9-11H2,(H,17,19). The molecule has 2 amide bonds. The van der Waals surface area contributed by atoms with Crippen molar-refractivity contribution < 1.29 is 14.3 Å². The number of benzene rings is 1. The normalized spacial score (nSPS) is 18.9. The first-order valence-corrected chi connectivity index (χ1v) is 7.55. The largest absolute Gasteiger partial charge is 0.491 e. The molecular formula is C16H20N2O3. The third-order valence-electron chi connectivity index (χ3n) is 4.05. The van der Waals surface area contributed by atoms with Crippen LogP contribution < -0.4 is 15.0 Å². The van der Waals surface area contributed by atoms with Gasteiger partial charge in [0.15, 0.2) is 0 Å². The van der Waals surface area contributed by atoms with E-state index >= 15 is 0 Å². The van der Waals surface area contributed by atoms with Gasteiger partial charge in [0.2, 0.25) is 11.8 Å². The minimum Gasteiger partial charge on any atom is -0.491 e. The van der Waals surface area contributed by atoms with Crippen LogP contribution in [0.4, 0.5) is 5.69 Å². The summed E-state index contributed by atoms with van der Waals surface area (Å²) in [6.45, 7) is 0.423. The Morgan fingerprint density at radius 1 is 1.29 bits per heavy atom. The van der Waals surface area contributed by atoms with Gasteiger partial charge in [0.05, 0.1) is 18.7 Å². The van der Waals surface area contributed by atoms with Crippen molar-refractivity contribution in [3.05, 3.63) is 24.3 Å². The highest BCUT2D eigenvalue weighted by atomic mass is 16.5. The van der Waals surface area contributed by atoms with Crippen LogP contribution in [0.25, 0.3) is 0 Å². The van der Waals surface area contributed by atoms with Crippen LogP contribution in [0.15, 0.2) is 24.3 Å². The van der Waals surface area contributed by atoms with Crippen molar-refractivity contribution >= 4 is 17.5 Å². The van der Waals surface area contributed by atoms with Crippen molar-refractivity contribution in [1.82, 2.24) is 5.32 Å². The number of fused-ring (bicyclic) bond motifs is 1. The summed E-state index contributed by atoms with van der Waals surface area (Å²) in [6.07, 6.45) is 4.72. The Kier molecular flexibility index (Phi) is 4.08. The van der Waals surface area contributed by atoms with Gasteiger partial charge in [-0.2, -0.15) is 0 Å². The topological polar surface area (TPSA) is 58.6 Å². The van der Waals surface area contributed by atoms with Gasteiger partial charge in [0.25, 0.3) is 0 Å². The molecule has 5 heteroatoms. The molecule has 0 aromatic heterocycles. The number of ether oxygens (including phenoxy) is 1. The van der Waals surface area contributed by atoms with Crippen molar-refractivity contribution in [3.8, 4) is 5.75 Å². The maximum Gasteiger partial charge on any atom is 0.240 e. The van der Waals surface area contributed by atoms with Crippen molar-refractivity contribution in [2.45, 2.75) is 38.1 Å². The van der Waals surface area contributed by atoms with Crippen molar-refractivity contribution in [2.75, 3.05) is 18.1 Å². The summed E-state index contributed by atoms with van der Waals surface area (Å²) in [5.74, 6) is 0.505. The monoisotopic (exact) mass is 288 g/mol. The van der Waals surface area contributed by atoms with E-state index in [0.717, 1.165) is 12.8 Å². The maximum atomic E-state index is 12.2. The first-order chi connectivity index (χ1) is 10.2. The molecule has 0 spiro atoms. The number of hydrogen-bond acceptors (Lipinski definition) is 3. The van der Waals surface area contributed by atoms with Gasteiger partial charge in [0, 0.05) is 6.04 Å². The Hall–Kier alpha value is -2.04. The van der Waals surface area contributed by atoms with Gasteiger partial charge in [-0.05, 0) is 25.0 Å². The molecular weight excluding hydrogens is 268 g/mol. The molecule has 112 valence electrons. The van der Waals surface area contributed by atoms with Crippen LogP contribution >= 0.6 is 0 Å². The fraction of sp³-hybridized carbons (Fsp3) is 0.500. The number of nitrogens with zero attached hydrogens (tertiary/aromatic N) is 1. The lowest BCUT2D eigenvalue weighted by molar-refractivity contribution is -0.124. The van der Waals surface area contributed by atoms with Crippen LogP contribution in [0.3, 0.4) is 0 Å². The van der Waals surface area contributed by atoms with E-state index in [9.17, 15) is 9.59 Å². The minimum atomic E-state index is -0.0908. The number of carbonyl (C=O) groups is 2. The Morgan fingerprint density at radius 3 is 2.86 bits per heavy atom. The molecule has 5 nitrogen and oxygen atoms in total. The number of amides is 2. The molecule has 3 rings (SSSR count). The van der Waals surface area contributed by atoms with Gasteiger partial charge < -0.3 is 10.1 Å². The Morgan fingerprint density at radius 2 is 2.05 bits per heavy atom. The van der Waals surface area contributed by atoms with Gasteiger partial charge in [-0.15, -0.1) is 0 Å². The van der Waals surface area contributed by atoms with E-state index in [1.807, 2.05) is 24.3 Å². The highest BCUT2D eigenvalue weighted by Crippen LogP contribution is 2.30. The zero-order chi connectivity index (χ0) is 14.7. The SMILES string of the molecule is O=C(CN1C(=O)CCOc2ccccc21)NC1CCCC1. The molecule has 1 aliphatic carbocycles. The first kappa shape index (κ1) is 13.9. The first-order valence-electron chi connectivity index (χ1n) is 7.55. The van der Waals surface area contributed by atoms with Crippen LogP contribution in [-0.4, -0.2) is 31.0 Å². The number of rotatable bonds is 3. The molecule has 1 aromatic carbocycles. The van der Waals surface area contributed by atoms with Crippen LogP contribution in [0, 0.1) is 0 Å². The Bertz CT molecular complexity index is 538. The predicted octanol–water partition coefficient (Wildman–Crippen LogP) is 1.86. The summed E-state index contributed by atoms with van der Waals surface area (Å²) < 4.78 is 5.57. The van der Waals surface area contributed by atoms with Crippen LogP contribution in [0.1, 0.15) is 32.1 Å². The summed E-state index contributed by atoms with van der Waals surface area (Å²) in [6, 6.07) is 7.64. The lowest BCUT2D eigenvalue weighted by Gasteiger charge is -2.22. The number of hydrogen-bond donors (Lipinski definition) is 1. The molecule has 0 atom stereocenters. The second kappa shape index (κ2) is 6.16. The van der Waals surface area contributed by atoms with Crippen molar-refractivity contribution in [2.24, 2.45) is 0 Å². The molecule has 0 unspecified atom stereocenters. The third-order valence-corrected chi connectivity index (χ3v) is 4.05. The van der Waals surface area contributed by atoms with E-state index in [1.165, 1.54) is 17.7 Å². The highest BCUT2D eigenvalue weighted by Gasteiger charge is 2.26. The maximum absolute atomic E-state index is 12.2. The summed E-state index contributed by atoms with van der Waals surface area (Å²) in [5.41, 5.74) is 0.682. The number of anilines is 1. The Balaban J connectivity index is 1.73. The number of para-hydroxylation sites is 2. The van der Waals surface area contributed by atoms with Crippen molar-refractivity contribution in [3.63, 3.8) is 0 Å². The van der Waals surface area contributed by atoms with Crippen LogP contribution in [0.2, 0.25) is 0 Å². The average molecular weight is 288 g/mol. The molecule has 1 fully saturated rings. The molecule has 2 aliphatic rings. The van der Waals surface area contributed by atoms with Gasteiger partial charge >= 0.3 is 0 Å². The van der Waals surface area contributed by atoms with E-state index in [2.05, 4.69) is 5.32 Å². The van der Waals surface area contributed by atoms with Gasteiger partial charge in [-0.1, -0.05) is 25.0 Å². The summed E-state index contributed by atoms with van der Waals surface area (Å²) in [5, 5.41) is 3.02. The number of nitrogens with one attached hydrogen (secondary N) is 1. The molecule has 21 heavy (non-hydrogen) atoms. The van der Waals surface area contributed by atoms with E-state index in [-0.39, 0.29) is 24.4 Å². The Labute approximate surface area is 124 Å². The smallest absolute Gasteiger partial charge is 0.240 e. The second-order valence-corrected chi connectivity index (χ2v) is 5.59.